The predicted molar refractivity (Wildman–Crippen MR) is 101 cm³/mol. The van der Waals surface area contributed by atoms with Gasteiger partial charge in [-0.3, -0.25) is 4.79 Å². The summed E-state index contributed by atoms with van der Waals surface area (Å²) in [5.74, 6) is 4.39. The van der Waals surface area contributed by atoms with E-state index in [1.807, 2.05) is 18.2 Å². The molecule has 4 nitrogen and oxygen atoms in total. The van der Waals surface area contributed by atoms with Crippen molar-refractivity contribution in [2.24, 2.45) is 23.2 Å². The maximum atomic E-state index is 12.4. The first kappa shape index (κ1) is 17.7. The van der Waals surface area contributed by atoms with Crippen LogP contribution in [0, 0.1) is 23.2 Å². The molecule has 5 rings (SSSR count). The molecule has 142 valence electrons. The molecule has 0 aliphatic heterocycles. The topological polar surface area (TPSA) is 47.6 Å². The normalized spacial score (nSPS) is 31.7. The van der Waals surface area contributed by atoms with Crippen LogP contribution in [0.1, 0.15) is 50.5 Å². The van der Waals surface area contributed by atoms with Crippen molar-refractivity contribution in [1.29, 1.82) is 0 Å². The second-order valence-corrected chi connectivity index (χ2v) is 8.88. The molecule has 0 unspecified atom stereocenters. The van der Waals surface area contributed by atoms with Crippen LogP contribution in [-0.4, -0.2) is 26.7 Å². The molecule has 1 aromatic carbocycles. The summed E-state index contributed by atoms with van der Waals surface area (Å²) >= 11 is 0. The van der Waals surface area contributed by atoms with Crippen LogP contribution in [0.5, 0.6) is 11.5 Å². The lowest BCUT2D eigenvalue weighted by Gasteiger charge is -2.57. The van der Waals surface area contributed by atoms with E-state index in [1.54, 1.807) is 14.2 Å². The van der Waals surface area contributed by atoms with Gasteiger partial charge in [0.1, 0.15) is 0 Å². The first-order valence-corrected chi connectivity index (χ1v) is 10.1. The van der Waals surface area contributed by atoms with Crippen LogP contribution in [0.4, 0.5) is 0 Å². The van der Waals surface area contributed by atoms with E-state index in [0.29, 0.717) is 23.3 Å². The van der Waals surface area contributed by atoms with Crippen LogP contribution in [-0.2, 0) is 11.2 Å². The predicted octanol–water partition coefficient (Wildman–Crippen LogP) is 3.97. The Balaban J connectivity index is 1.28. The highest BCUT2D eigenvalue weighted by atomic mass is 16.5. The molecule has 4 fully saturated rings. The largest absolute Gasteiger partial charge is 0.493 e. The Morgan fingerprint density at radius 2 is 1.65 bits per heavy atom. The maximum Gasteiger partial charge on any atom is 0.224 e. The molecule has 4 aliphatic rings. The number of hydrogen-bond acceptors (Lipinski definition) is 3. The third kappa shape index (κ3) is 3.56. The van der Waals surface area contributed by atoms with Crippen molar-refractivity contribution < 1.29 is 14.3 Å². The van der Waals surface area contributed by atoms with E-state index < -0.39 is 0 Å². The van der Waals surface area contributed by atoms with E-state index in [-0.39, 0.29) is 5.91 Å². The smallest absolute Gasteiger partial charge is 0.224 e. The number of methoxy groups -OCH3 is 2. The molecule has 4 saturated carbocycles. The van der Waals surface area contributed by atoms with Gasteiger partial charge < -0.3 is 14.8 Å². The number of ether oxygens (including phenoxy) is 2. The van der Waals surface area contributed by atoms with Crippen LogP contribution >= 0.6 is 0 Å². The molecule has 0 atom stereocenters. The molecule has 0 saturated heterocycles. The number of benzene rings is 1. The Morgan fingerprint density at radius 1 is 1.04 bits per heavy atom. The molecule has 4 bridgehead atoms. The molecule has 1 aromatic rings. The van der Waals surface area contributed by atoms with Crippen molar-refractivity contribution in [2.75, 3.05) is 20.8 Å². The number of hydrogen-bond donors (Lipinski definition) is 1. The van der Waals surface area contributed by atoms with E-state index in [4.69, 9.17) is 9.47 Å². The first-order valence-electron chi connectivity index (χ1n) is 10.1. The van der Waals surface area contributed by atoms with E-state index in [1.165, 1.54) is 38.5 Å². The summed E-state index contributed by atoms with van der Waals surface area (Å²) in [6.07, 6.45) is 10.2. The Hall–Kier alpha value is -1.71. The molecule has 4 aliphatic carbocycles. The maximum absolute atomic E-state index is 12.4. The number of amides is 1. The third-order valence-corrected chi connectivity index (χ3v) is 6.96. The monoisotopic (exact) mass is 357 g/mol. The van der Waals surface area contributed by atoms with Gasteiger partial charge in [0.15, 0.2) is 11.5 Å². The van der Waals surface area contributed by atoms with Gasteiger partial charge in [-0.05, 0) is 85.8 Å². The van der Waals surface area contributed by atoms with Crippen molar-refractivity contribution >= 4 is 5.91 Å². The fourth-order valence-electron chi connectivity index (χ4n) is 6.30. The van der Waals surface area contributed by atoms with Gasteiger partial charge in [0.25, 0.3) is 0 Å². The highest BCUT2D eigenvalue weighted by molar-refractivity contribution is 5.78. The van der Waals surface area contributed by atoms with E-state index >= 15 is 0 Å². The summed E-state index contributed by atoms with van der Waals surface area (Å²) in [6, 6.07) is 5.67. The summed E-state index contributed by atoms with van der Waals surface area (Å²) in [6.45, 7) is 0.818. The van der Waals surface area contributed by atoms with Gasteiger partial charge in [0, 0.05) is 6.54 Å². The van der Waals surface area contributed by atoms with Crippen LogP contribution in [0.25, 0.3) is 0 Å². The number of carbonyl (C=O) groups excluding carboxylic acids is 1. The van der Waals surface area contributed by atoms with Crippen molar-refractivity contribution in [3.8, 4) is 11.5 Å². The Kier molecular flexibility index (Phi) is 4.85. The molecular weight excluding hydrogens is 326 g/mol. The summed E-state index contributed by atoms with van der Waals surface area (Å²) in [5.41, 5.74) is 1.49. The second kappa shape index (κ2) is 7.13. The zero-order valence-corrected chi connectivity index (χ0v) is 16.1. The van der Waals surface area contributed by atoms with Gasteiger partial charge in [-0.25, -0.2) is 0 Å². The Morgan fingerprint density at radius 3 is 2.23 bits per heavy atom. The number of nitrogens with one attached hydrogen (secondary N) is 1. The lowest BCUT2D eigenvalue weighted by Crippen LogP contribution is -2.47. The first-order chi connectivity index (χ1) is 12.6. The standard InChI is InChI=1S/C22H31NO3/c1-25-19-4-3-15(10-20(19)26-2)11-21(24)23-6-5-22-12-16-7-17(13-22)9-18(8-16)14-22/h3-4,10,16-18H,5-9,11-14H2,1-2H3,(H,23,24). The highest BCUT2D eigenvalue weighted by Crippen LogP contribution is 2.61. The minimum Gasteiger partial charge on any atom is -0.493 e. The average molecular weight is 357 g/mol. The molecular formula is C22H31NO3. The molecule has 0 spiro atoms. The fourth-order valence-corrected chi connectivity index (χ4v) is 6.30. The van der Waals surface area contributed by atoms with Crippen molar-refractivity contribution in [2.45, 2.75) is 51.4 Å². The third-order valence-electron chi connectivity index (χ3n) is 6.96. The van der Waals surface area contributed by atoms with E-state index in [9.17, 15) is 4.79 Å². The number of rotatable bonds is 7. The van der Waals surface area contributed by atoms with Crippen LogP contribution in [0.3, 0.4) is 0 Å². The van der Waals surface area contributed by atoms with Gasteiger partial charge in [-0.2, -0.15) is 0 Å². The van der Waals surface area contributed by atoms with Gasteiger partial charge in [0.05, 0.1) is 20.6 Å². The molecule has 0 aromatic heterocycles. The number of carbonyl (C=O) groups is 1. The van der Waals surface area contributed by atoms with E-state index in [2.05, 4.69) is 5.32 Å². The highest BCUT2D eigenvalue weighted by Gasteiger charge is 2.50. The minimum absolute atomic E-state index is 0.0990. The molecule has 4 heteroatoms. The molecule has 0 heterocycles. The van der Waals surface area contributed by atoms with Crippen molar-refractivity contribution in [3.63, 3.8) is 0 Å². The zero-order chi connectivity index (χ0) is 18.1. The lowest BCUT2D eigenvalue weighted by atomic mass is 9.49. The molecule has 0 radical (unpaired) electrons. The van der Waals surface area contributed by atoms with Crippen LogP contribution in [0.15, 0.2) is 18.2 Å². The molecule has 26 heavy (non-hydrogen) atoms. The summed E-state index contributed by atoms with van der Waals surface area (Å²) in [7, 11) is 3.24. The van der Waals surface area contributed by atoms with Crippen molar-refractivity contribution in [1.82, 2.24) is 5.32 Å². The lowest BCUT2D eigenvalue weighted by molar-refractivity contribution is -0.120. The molecule has 1 amide bonds. The van der Waals surface area contributed by atoms with E-state index in [0.717, 1.165) is 36.3 Å². The van der Waals surface area contributed by atoms with Crippen LogP contribution in [0.2, 0.25) is 0 Å². The summed E-state index contributed by atoms with van der Waals surface area (Å²) in [4.78, 5) is 12.4. The average Bonchev–Trinajstić information content (AvgIpc) is 2.60. The minimum atomic E-state index is 0.0990. The summed E-state index contributed by atoms with van der Waals surface area (Å²) in [5, 5.41) is 3.16. The van der Waals surface area contributed by atoms with Crippen LogP contribution < -0.4 is 14.8 Å². The SMILES string of the molecule is COc1ccc(CC(=O)NCCC23CC4CC(CC(C4)C2)C3)cc1OC. The zero-order valence-electron chi connectivity index (χ0n) is 16.1. The van der Waals surface area contributed by atoms with Gasteiger partial charge in [-0.1, -0.05) is 6.07 Å². The quantitative estimate of drug-likeness (QED) is 0.803. The second-order valence-electron chi connectivity index (χ2n) is 8.88. The Labute approximate surface area is 156 Å². The van der Waals surface area contributed by atoms with Gasteiger partial charge in [0.2, 0.25) is 5.91 Å². The summed E-state index contributed by atoms with van der Waals surface area (Å²) < 4.78 is 10.6. The van der Waals surface area contributed by atoms with Gasteiger partial charge in [-0.15, -0.1) is 0 Å². The fraction of sp³-hybridized carbons (Fsp3) is 0.682. The van der Waals surface area contributed by atoms with Gasteiger partial charge >= 0.3 is 0 Å². The van der Waals surface area contributed by atoms with Crippen molar-refractivity contribution in [3.05, 3.63) is 23.8 Å². The molecule has 1 N–H and O–H groups in total. The Bertz CT molecular complexity index is 634.